The highest BCUT2D eigenvalue weighted by Crippen LogP contribution is 2.05. The lowest BCUT2D eigenvalue weighted by Gasteiger charge is -2.24. The Bertz CT molecular complexity index is 780. The van der Waals surface area contributed by atoms with Gasteiger partial charge in [-0.1, -0.05) is 13.8 Å². The van der Waals surface area contributed by atoms with Gasteiger partial charge in [0.1, 0.15) is 18.6 Å². The second kappa shape index (κ2) is 12.3. The van der Waals surface area contributed by atoms with E-state index in [1.54, 1.807) is 13.8 Å². The van der Waals surface area contributed by atoms with Gasteiger partial charge in [0.05, 0.1) is 12.4 Å². The van der Waals surface area contributed by atoms with E-state index in [2.05, 4.69) is 25.9 Å². The van der Waals surface area contributed by atoms with Crippen LogP contribution in [0.15, 0.2) is 12.5 Å². The molecule has 0 spiro atoms. The molecule has 0 fully saturated rings. The van der Waals surface area contributed by atoms with Gasteiger partial charge < -0.3 is 37.5 Å². The highest BCUT2D eigenvalue weighted by molar-refractivity contribution is 5.94. The number of aromatic nitrogens is 2. The summed E-state index contributed by atoms with van der Waals surface area (Å²) in [5, 5.41) is 15.9. The van der Waals surface area contributed by atoms with Crippen LogP contribution in [0.3, 0.4) is 0 Å². The first-order valence-electron chi connectivity index (χ1n) is 9.62. The Morgan fingerprint density at radius 1 is 1.10 bits per heavy atom. The Balaban J connectivity index is 2.97. The minimum absolute atomic E-state index is 0.0294. The molecular weight excluding hydrogens is 410 g/mol. The van der Waals surface area contributed by atoms with Crippen molar-refractivity contribution in [1.82, 2.24) is 25.9 Å². The first-order chi connectivity index (χ1) is 14.5. The third kappa shape index (κ3) is 9.25. The van der Waals surface area contributed by atoms with Gasteiger partial charge >= 0.3 is 5.97 Å². The standard InChI is InChI=1S/C18H29N7O6/c1-9(2)15(20)18(31)25-12(5-10-6-21-8-23-10)17(30)24-11(3-4-13(19)26)16(29)22-7-14(27)28/h6,8-9,11-12,15H,3-5,7,20H2,1-2H3,(H2,19,26)(H,21,23)(H,22,29)(H,24,30)(H,25,31)(H,27,28). The molecule has 1 aromatic heterocycles. The number of amides is 4. The summed E-state index contributed by atoms with van der Waals surface area (Å²) >= 11 is 0. The molecule has 0 aliphatic rings. The van der Waals surface area contributed by atoms with Crippen molar-refractivity contribution in [3.8, 4) is 0 Å². The number of rotatable bonds is 13. The van der Waals surface area contributed by atoms with Crippen molar-refractivity contribution in [2.45, 2.75) is 51.2 Å². The van der Waals surface area contributed by atoms with Crippen LogP contribution in [-0.4, -0.2) is 69.3 Å². The van der Waals surface area contributed by atoms with Gasteiger partial charge in [-0.2, -0.15) is 0 Å². The first-order valence-corrected chi connectivity index (χ1v) is 9.62. The van der Waals surface area contributed by atoms with Crippen LogP contribution in [0.2, 0.25) is 0 Å². The average Bonchev–Trinajstić information content (AvgIpc) is 3.20. The monoisotopic (exact) mass is 439 g/mol. The summed E-state index contributed by atoms with van der Waals surface area (Å²) in [5.41, 5.74) is 11.5. The smallest absolute Gasteiger partial charge is 0.322 e. The van der Waals surface area contributed by atoms with E-state index >= 15 is 0 Å². The molecule has 0 saturated heterocycles. The summed E-state index contributed by atoms with van der Waals surface area (Å²) in [7, 11) is 0. The Morgan fingerprint density at radius 3 is 2.26 bits per heavy atom. The highest BCUT2D eigenvalue weighted by Gasteiger charge is 2.29. The predicted molar refractivity (Wildman–Crippen MR) is 108 cm³/mol. The Labute approximate surface area is 178 Å². The van der Waals surface area contributed by atoms with Crippen molar-refractivity contribution < 1.29 is 29.1 Å². The predicted octanol–water partition coefficient (Wildman–Crippen LogP) is -2.63. The zero-order valence-electron chi connectivity index (χ0n) is 17.4. The van der Waals surface area contributed by atoms with Gasteiger partial charge in [0, 0.05) is 24.7 Å². The van der Waals surface area contributed by atoms with Gasteiger partial charge in [-0.05, 0) is 12.3 Å². The van der Waals surface area contributed by atoms with Gasteiger partial charge in [-0.3, -0.25) is 24.0 Å². The van der Waals surface area contributed by atoms with Crippen molar-refractivity contribution in [3.05, 3.63) is 18.2 Å². The molecule has 1 heterocycles. The number of imidazole rings is 1. The zero-order chi connectivity index (χ0) is 23.6. The number of carbonyl (C=O) groups is 5. The van der Waals surface area contributed by atoms with E-state index in [9.17, 15) is 24.0 Å². The van der Waals surface area contributed by atoms with E-state index in [4.69, 9.17) is 16.6 Å². The topological polar surface area (TPSA) is 222 Å². The molecule has 172 valence electrons. The zero-order valence-corrected chi connectivity index (χ0v) is 17.4. The number of hydrogen-bond donors (Lipinski definition) is 7. The Hall–Kier alpha value is -3.48. The van der Waals surface area contributed by atoms with E-state index in [0.717, 1.165) is 0 Å². The lowest BCUT2D eigenvalue weighted by molar-refractivity contribution is -0.138. The quantitative estimate of drug-likeness (QED) is 0.172. The molecule has 0 aliphatic carbocycles. The molecular formula is C18H29N7O6. The van der Waals surface area contributed by atoms with Crippen LogP contribution < -0.4 is 27.4 Å². The molecule has 0 aromatic carbocycles. The molecule has 0 radical (unpaired) electrons. The Kier molecular flexibility index (Phi) is 10.1. The summed E-state index contributed by atoms with van der Waals surface area (Å²) < 4.78 is 0. The van der Waals surface area contributed by atoms with Crippen LogP contribution in [0, 0.1) is 5.92 Å². The molecule has 13 heteroatoms. The van der Waals surface area contributed by atoms with Crippen LogP contribution in [0.1, 0.15) is 32.4 Å². The number of carbonyl (C=O) groups excluding carboxylic acids is 4. The van der Waals surface area contributed by atoms with Gasteiger partial charge in [0.15, 0.2) is 0 Å². The Morgan fingerprint density at radius 2 is 1.74 bits per heavy atom. The summed E-state index contributed by atoms with van der Waals surface area (Å²) in [4.78, 5) is 66.0. The molecule has 3 unspecified atom stereocenters. The fraction of sp³-hybridized carbons (Fsp3) is 0.556. The summed E-state index contributed by atoms with van der Waals surface area (Å²) in [6.07, 6.45) is 2.53. The van der Waals surface area contributed by atoms with Gasteiger partial charge in [0.25, 0.3) is 0 Å². The van der Waals surface area contributed by atoms with Crippen molar-refractivity contribution in [2.24, 2.45) is 17.4 Å². The van der Waals surface area contributed by atoms with Crippen LogP contribution in [0.4, 0.5) is 0 Å². The van der Waals surface area contributed by atoms with Crippen LogP contribution >= 0.6 is 0 Å². The molecule has 3 atom stereocenters. The number of nitrogens with one attached hydrogen (secondary N) is 4. The SMILES string of the molecule is CC(C)C(N)C(=O)NC(Cc1cnc[nH]1)C(=O)NC(CCC(N)=O)C(=O)NCC(=O)O. The average molecular weight is 439 g/mol. The van der Waals surface area contributed by atoms with E-state index < -0.39 is 54.3 Å². The second-order valence-corrected chi connectivity index (χ2v) is 7.29. The van der Waals surface area contributed by atoms with Crippen molar-refractivity contribution in [2.75, 3.05) is 6.54 Å². The lowest BCUT2D eigenvalue weighted by Crippen LogP contribution is -2.57. The molecule has 1 aromatic rings. The minimum atomic E-state index is -1.28. The summed E-state index contributed by atoms with van der Waals surface area (Å²) in [5.74, 6) is -4.24. The lowest BCUT2D eigenvalue weighted by atomic mass is 10.0. The van der Waals surface area contributed by atoms with Gasteiger partial charge in [0.2, 0.25) is 23.6 Å². The largest absolute Gasteiger partial charge is 0.480 e. The van der Waals surface area contributed by atoms with Gasteiger partial charge in [-0.25, -0.2) is 4.98 Å². The van der Waals surface area contributed by atoms with Gasteiger partial charge in [-0.15, -0.1) is 0 Å². The molecule has 0 saturated carbocycles. The minimum Gasteiger partial charge on any atom is -0.480 e. The fourth-order valence-electron chi connectivity index (χ4n) is 2.51. The molecule has 13 nitrogen and oxygen atoms in total. The fourth-order valence-corrected chi connectivity index (χ4v) is 2.51. The number of nitrogens with zero attached hydrogens (tertiary/aromatic N) is 1. The summed E-state index contributed by atoms with van der Waals surface area (Å²) in [6, 6.07) is -3.21. The third-order valence-corrected chi connectivity index (χ3v) is 4.36. The maximum Gasteiger partial charge on any atom is 0.322 e. The van der Waals surface area contributed by atoms with Crippen LogP contribution in [0.5, 0.6) is 0 Å². The van der Waals surface area contributed by atoms with E-state index in [1.807, 2.05) is 0 Å². The molecule has 0 bridgehead atoms. The number of primary amides is 1. The van der Waals surface area contributed by atoms with Crippen LogP contribution in [-0.2, 0) is 30.4 Å². The molecule has 4 amide bonds. The van der Waals surface area contributed by atoms with E-state index in [-0.39, 0.29) is 25.2 Å². The van der Waals surface area contributed by atoms with E-state index in [0.29, 0.717) is 5.69 Å². The normalized spacial score (nSPS) is 13.7. The molecule has 9 N–H and O–H groups in total. The van der Waals surface area contributed by atoms with Crippen molar-refractivity contribution in [3.63, 3.8) is 0 Å². The van der Waals surface area contributed by atoms with Crippen molar-refractivity contribution in [1.29, 1.82) is 0 Å². The number of nitrogens with two attached hydrogens (primary N) is 2. The maximum atomic E-state index is 12.9. The third-order valence-electron chi connectivity index (χ3n) is 4.36. The maximum absolute atomic E-state index is 12.9. The molecule has 31 heavy (non-hydrogen) atoms. The number of H-pyrrole nitrogens is 1. The number of carboxylic acid groups (broad SMARTS) is 1. The van der Waals surface area contributed by atoms with E-state index in [1.165, 1.54) is 12.5 Å². The number of hydrogen-bond acceptors (Lipinski definition) is 7. The van der Waals surface area contributed by atoms with Crippen molar-refractivity contribution >= 4 is 29.6 Å². The van der Waals surface area contributed by atoms with Crippen LogP contribution in [0.25, 0.3) is 0 Å². The number of carboxylic acids is 1. The highest BCUT2D eigenvalue weighted by atomic mass is 16.4. The molecule has 0 aliphatic heterocycles. The first kappa shape index (κ1) is 25.6. The summed E-state index contributed by atoms with van der Waals surface area (Å²) in [6.45, 7) is 2.83. The second-order valence-electron chi connectivity index (χ2n) is 7.29. The number of aromatic amines is 1. The number of aliphatic carboxylic acids is 1. The molecule has 1 rings (SSSR count).